The van der Waals surface area contributed by atoms with Crippen molar-refractivity contribution in [2.45, 2.75) is 13.8 Å². The van der Waals surface area contributed by atoms with Gasteiger partial charge in [0.25, 0.3) is 5.91 Å². The van der Waals surface area contributed by atoms with E-state index in [0.29, 0.717) is 17.2 Å². The van der Waals surface area contributed by atoms with Crippen molar-refractivity contribution in [3.05, 3.63) is 105 Å². The highest BCUT2D eigenvalue weighted by Gasteiger charge is 2.31. The number of aryl methyl sites for hydroxylation is 1. The van der Waals surface area contributed by atoms with Gasteiger partial charge < -0.3 is 4.74 Å². The molecule has 1 heterocycles. The minimum Gasteiger partial charge on any atom is -0.494 e. The molecular formula is C26H21BrClNO2. The van der Waals surface area contributed by atoms with Gasteiger partial charge in [-0.25, -0.2) is 0 Å². The van der Waals surface area contributed by atoms with Gasteiger partial charge in [-0.05, 0) is 95.0 Å². The second-order valence-corrected chi connectivity index (χ2v) is 8.52. The molecule has 156 valence electrons. The van der Waals surface area contributed by atoms with E-state index < -0.39 is 0 Å². The van der Waals surface area contributed by atoms with E-state index in [1.165, 1.54) is 0 Å². The van der Waals surface area contributed by atoms with E-state index in [1.807, 2.05) is 92.7 Å². The molecule has 0 fully saturated rings. The van der Waals surface area contributed by atoms with Crippen molar-refractivity contribution < 1.29 is 9.53 Å². The number of hydrogen-bond donors (Lipinski definition) is 0. The fourth-order valence-corrected chi connectivity index (χ4v) is 4.28. The van der Waals surface area contributed by atoms with E-state index in [0.717, 1.165) is 38.3 Å². The number of halogens is 2. The Balaban J connectivity index is 1.78. The van der Waals surface area contributed by atoms with Crippen molar-refractivity contribution in [3.8, 4) is 5.75 Å². The summed E-state index contributed by atoms with van der Waals surface area (Å²) in [7, 11) is 0. The fourth-order valence-electron chi connectivity index (χ4n) is 3.49. The van der Waals surface area contributed by atoms with Crippen molar-refractivity contribution in [3.63, 3.8) is 0 Å². The molecule has 0 radical (unpaired) electrons. The SMILES string of the molecule is CCOc1ccc(/C=C2\C=C(c3ccc(Cl)cc3)N(c3ccc(C)cc3Br)C2=O)cc1. The molecule has 0 aliphatic carbocycles. The first kappa shape index (κ1) is 21.4. The topological polar surface area (TPSA) is 29.5 Å². The molecule has 0 unspecified atom stereocenters. The fraction of sp³-hybridized carbons (Fsp3) is 0.115. The molecular weight excluding hydrogens is 474 g/mol. The minimum atomic E-state index is -0.0802. The highest BCUT2D eigenvalue weighted by molar-refractivity contribution is 9.10. The van der Waals surface area contributed by atoms with Crippen LogP contribution in [0.4, 0.5) is 5.69 Å². The van der Waals surface area contributed by atoms with E-state index in [2.05, 4.69) is 15.9 Å². The third-order valence-corrected chi connectivity index (χ3v) is 5.87. The third-order valence-electron chi connectivity index (χ3n) is 4.98. The van der Waals surface area contributed by atoms with Crippen LogP contribution in [0.25, 0.3) is 11.8 Å². The van der Waals surface area contributed by atoms with Crippen LogP contribution in [-0.2, 0) is 4.79 Å². The van der Waals surface area contributed by atoms with E-state index in [4.69, 9.17) is 16.3 Å². The van der Waals surface area contributed by atoms with Gasteiger partial charge in [0.05, 0.1) is 18.0 Å². The molecule has 1 amide bonds. The normalized spacial score (nSPS) is 14.8. The Morgan fingerprint density at radius 2 is 1.74 bits per heavy atom. The number of hydrogen-bond acceptors (Lipinski definition) is 2. The Morgan fingerprint density at radius 1 is 1.03 bits per heavy atom. The van der Waals surface area contributed by atoms with Crippen LogP contribution in [0.1, 0.15) is 23.6 Å². The Labute approximate surface area is 195 Å². The Morgan fingerprint density at radius 3 is 2.39 bits per heavy atom. The molecule has 0 saturated heterocycles. The highest BCUT2D eigenvalue weighted by atomic mass is 79.9. The average molecular weight is 495 g/mol. The summed E-state index contributed by atoms with van der Waals surface area (Å²) in [5.74, 6) is 0.730. The van der Waals surface area contributed by atoms with Gasteiger partial charge in [-0.3, -0.25) is 9.69 Å². The van der Waals surface area contributed by atoms with E-state index in [1.54, 1.807) is 4.90 Å². The number of amides is 1. The smallest absolute Gasteiger partial charge is 0.262 e. The summed E-state index contributed by atoms with van der Waals surface area (Å²) in [5.41, 5.74) is 5.19. The number of carbonyl (C=O) groups excluding carboxylic acids is 1. The summed E-state index contributed by atoms with van der Waals surface area (Å²) in [6.45, 7) is 4.59. The largest absolute Gasteiger partial charge is 0.494 e. The molecule has 3 aromatic carbocycles. The molecule has 3 nitrogen and oxygen atoms in total. The van der Waals surface area contributed by atoms with E-state index >= 15 is 0 Å². The maximum atomic E-state index is 13.5. The van der Waals surface area contributed by atoms with Gasteiger partial charge in [0.1, 0.15) is 5.75 Å². The van der Waals surface area contributed by atoms with Crippen LogP contribution in [0.5, 0.6) is 5.75 Å². The van der Waals surface area contributed by atoms with Gasteiger partial charge >= 0.3 is 0 Å². The monoisotopic (exact) mass is 493 g/mol. The van der Waals surface area contributed by atoms with Gasteiger partial charge in [-0.15, -0.1) is 0 Å². The minimum absolute atomic E-state index is 0.0802. The van der Waals surface area contributed by atoms with Gasteiger partial charge in [-0.2, -0.15) is 0 Å². The number of ether oxygens (including phenoxy) is 1. The molecule has 0 aromatic heterocycles. The summed E-state index contributed by atoms with van der Waals surface area (Å²) < 4.78 is 6.37. The second-order valence-electron chi connectivity index (χ2n) is 7.23. The van der Waals surface area contributed by atoms with Gasteiger partial charge in [0.15, 0.2) is 0 Å². The van der Waals surface area contributed by atoms with Crippen LogP contribution in [0.2, 0.25) is 5.02 Å². The molecule has 0 bridgehead atoms. The zero-order chi connectivity index (χ0) is 22.0. The van der Waals surface area contributed by atoms with Crippen molar-refractivity contribution in [2.75, 3.05) is 11.5 Å². The van der Waals surface area contributed by atoms with Gasteiger partial charge in [0.2, 0.25) is 0 Å². The summed E-state index contributed by atoms with van der Waals surface area (Å²) >= 11 is 9.72. The van der Waals surface area contributed by atoms with Crippen LogP contribution in [0.3, 0.4) is 0 Å². The molecule has 31 heavy (non-hydrogen) atoms. The van der Waals surface area contributed by atoms with Crippen LogP contribution in [0.15, 0.2) is 82.9 Å². The van der Waals surface area contributed by atoms with E-state index in [-0.39, 0.29) is 5.91 Å². The van der Waals surface area contributed by atoms with E-state index in [9.17, 15) is 4.79 Å². The van der Waals surface area contributed by atoms with Gasteiger partial charge in [-0.1, -0.05) is 41.9 Å². The summed E-state index contributed by atoms with van der Waals surface area (Å²) in [6.07, 6.45) is 3.82. The molecule has 3 aromatic rings. The molecule has 1 aliphatic rings. The highest BCUT2D eigenvalue weighted by Crippen LogP contribution is 2.39. The lowest BCUT2D eigenvalue weighted by molar-refractivity contribution is -0.113. The maximum absolute atomic E-state index is 13.5. The Kier molecular flexibility index (Phi) is 6.30. The van der Waals surface area contributed by atoms with Crippen molar-refractivity contribution in [1.82, 2.24) is 0 Å². The first-order chi connectivity index (χ1) is 15.0. The average Bonchev–Trinajstić information content (AvgIpc) is 3.06. The Hall–Kier alpha value is -2.82. The van der Waals surface area contributed by atoms with Crippen molar-refractivity contribution in [2.24, 2.45) is 0 Å². The standard InChI is InChI=1S/C26H21BrClNO2/c1-3-31-22-11-5-18(6-12-22)15-20-16-25(19-7-9-21(28)10-8-19)29(26(20)30)24-13-4-17(2)14-23(24)27/h4-16H,3H2,1-2H3/b20-15+. The first-order valence-electron chi connectivity index (χ1n) is 9.99. The molecule has 0 spiro atoms. The zero-order valence-electron chi connectivity index (χ0n) is 17.2. The van der Waals surface area contributed by atoms with Crippen LogP contribution in [0, 0.1) is 6.92 Å². The maximum Gasteiger partial charge on any atom is 0.262 e. The Bertz CT molecular complexity index is 1180. The third kappa shape index (κ3) is 4.60. The second kappa shape index (κ2) is 9.13. The number of nitrogens with zero attached hydrogens (tertiary/aromatic N) is 1. The summed E-state index contributed by atoms with van der Waals surface area (Å²) in [5, 5.41) is 0.655. The molecule has 5 heteroatoms. The van der Waals surface area contributed by atoms with Crippen LogP contribution < -0.4 is 9.64 Å². The van der Waals surface area contributed by atoms with Crippen LogP contribution >= 0.6 is 27.5 Å². The molecule has 1 aliphatic heterocycles. The number of benzene rings is 3. The predicted molar refractivity (Wildman–Crippen MR) is 131 cm³/mol. The summed E-state index contributed by atoms with van der Waals surface area (Å²) in [6, 6.07) is 21.2. The van der Waals surface area contributed by atoms with Gasteiger partial charge in [0, 0.05) is 15.1 Å². The first-order valence-corrected chi connectivity index (χ1v) is 11.2. The lowest BCUT2D eigenvalue weighted by Gasteiger charge is -2.22. The lowest BCUT2D eigenvalue weighted by atomic mass is 10.1. The number of anilines is 1. The predicted octanol–water partition coefficient (Wildman–Crippen LogP) is 7.28. The molecule has 0 atom stereocenters. The lowest BCUT2D eigenvalue weighted by Crippen LogP contribution is -2.25. The van der Waals surface area contributed by atoms with Crippen molar-refractivity contribution in [1.29, 1.82) is 0 Å². The van der Waals surface area contributed by atoms with Crippen molar-refractivity contribution >= 4 is 50.9 Å². The van der Waals surface area contributed by atoms with Crippen LogP contribution in [-0.4, -0.2) is 12.5 Å². The zero-order valence-corrected chi connectivity index (χ0v) is 19.6. The quantitative estimate of drug-likeness (QED) is 0.349. The molecule has 0 saturated carbocycles. The molecule has 0 N–H and O–H groups in total. The number of rotatable bonds is 5. The number of carbonyl (C=O) groups is 1. The summed E-state index contributed by atoms with van der Waals surface area (Å²) in [4.78, 5) is 15.2. The molecule has 4 rings (SSSR count).